The highest BCUT2D eigenvalue weighted by Crippen LogP contribution is 2.24. The first-order valence-corrected chi connectivity index (χ1v) is 6.34. The Bertz CT molecular complexity index is 323. The zero-order chi connectivity index (χ0) is 11.4. The van der Waals surface area contributed by atoms with E-state index in [1.54, 1.807) is 0 Å². The molecular formula is C12H19IN2. The summed E-state index contributed by atoms with van der Waals surface area (Å²) in [7, 11) is 2.13. The van der Waals surface area contributed by atoms with Gasteiger partial charge in [-0.2, -0.15) is 0 Å². The van der Waals surface area contributed by atoms with Crippen molar-refractivity contribution in [3.05, 3.63) is 21.8 Å². The van der Waals surface area contributed by atoms with Crippen LogP contribution in [-0.4, -0.2) is 13.6 Å². The average molecular weight is 318 g/mol. The van der Waals surface area contributed by atoms with Gasteiger partial charge < -0.3 is 10.6 Å². The van der Waals surface area contributed by atoms with E-state index in [0.29, 0.717) is 0 Å². The quantitative estimate of drug-likeness (QED) is 0.681. The Kier molecular flexibility index (Phi) is 4.70. The predicted octanol–water partition coefficient (Wildman–Crippen LogP) is 3.36. The van der Waals surface area contributed by atoms with Gasteiger partial charge in [0.2, 0.25) is 0 Å². The van der Waals surface area contributed by atoms with Crippen LogP contribution in [-0.2, 0) is 0 Å². The molecule has 0 aliphatic carbocycles. The molecule has 0 saturated heterocycles. The van der Waals surface area contributed by atoms with Crippen molar-refractivity contribution in [3.63, 3.8) is 0 Å². The molecule has 0 saturated carbocycles. The summed E-state index contributed by atoms with van der Waals surface area (Å²) < 4.78 is 1.22. The van der Waals surface area contributed by atoms with Gasteiger partial charge in [0.05, 0.1) is 5.69 Å². The van der Waals surface area contributed by atoms with Crippen LogP contribution in [0.15, 0.2) is 18.2 Å². The third kappa shape index (κ3) is 3.89. The minimum atomic E-state index is 0.749. The number of anilines is 2. The number of hydrogen-bond donors (Lipinski definition) is 1. The van der Waals surface area contributed by atoms with Gasteiger partial charge >= 0.3 is 0 Å². The van der Waals surface area contributed by atoms with Crippen molar-refractivity contribution in [3.8, 4) is 0 Å². The molecule has 0 aliphatic heterocycles. The second-order valence-electron chi connectivity index (χ2n) is 4.31. The third-order valence-corrected chi connectivity index (χ3v) is 3.29. The van der Waals surface area contributed by atoms with Gasteiger partial charge in [-0.05, 0) is 53.1 Å². The molecule has 0 radical (unpaired) electrons. The van der Waals surface area contributed by atoms with E-state index in [2.05, 4.69) is 54.5 Å². The lowest BCUT2D eigenvalue weighted by Gasteiger charge is -2.21. The van der Waals surface area contributed by atoms with Crippen LogP contribution in [0.25, 0.3) is 0 Å². The van der Waals surface area contributed by atoms with E-state index in [0.717, 1.165) is 18.2 Å². The fourth-order valence-corrected chi connectivity index (χ4v) is 2.36. The van der Waals surface area contributed by atoms with E-state index in [1.165, 1.54) is 15.7 Å². The van der Waals surface area contributed by atoms with Crippen molar-refractivity contribution in [2.24, 2.45) is 5.92 Å². The first kappa shape index (κ1) is 12.6. The number of hydrogen-bond acceptors (Lipinski definition) is 2. The monoisotopic (exact) mass is 318 g/mol. The molecule has 84 valence electrons. The van der Waals surface area contributed by atoms with Gasteiger partial charge in [-0.1, -0.05) is 13.8 Å². The Morgan fingerprint density at radius 1 is 1.40 bits per heavy atom. The van der Waals surface area contributed by atoms with Crippen LogP contribution in [0.3, 0.4) is 0 Å². The van der Waals surface area contributed by atoms with E-state index in [1.807, 2.05) is 12.1 Å². The third-order valence-electron chi connectivity index (χ3n) is 2.42. The Balaban J connectivity index is 2.69. The summed E-state index contributed by atoms with van der Waals surface area (Å²) in [5.41, 5.74) is 7.83. The number of halogens is 1. The Morgan fingerprint density at radius 3 is 2.60 bits per heavy atom. The van der Waals surface area contributed by atoms with Crippen LogP contribution in [0.4, 0.5) is 11.4 Å². The molecule has 0 bridgehead atoms. The number of benzene rings is 1. The fourth-order valence-electron chi connectivity index (χ4n) is 1.41. The summed E-state index contributed by atoms with van der Waals surface area (Å²) in [6.07, 6.45) is 1.22. The largest absolute Gasteiger partial charge is 0.399 e. The summed E-state index contributed by atoms with van der Waals surface area (Å²) >= 11 is 2.34. The Hall–Kier alpha value is -0.450. The van der Waals surface area contributed by atoms with E-state index in [4.69, 9.17) is 5.73 Å². The molecule has 0 atom stereocenters. The molecule has 0 heterocycles. The molecule has 15 heavy (non-hydrogen) atoms. The van der Waals surface area contributed by atoms with Crippen molar-refractivity contribution >= 4 is 34.0 Å². The van der Waals surface area contributed by atoms with Gasteiger partial charge in [-0.25, -0.2) is 0 Å². The molecule has 1 aromatic rings. The standard InChI is InChI=1S/C12H19IN2/c1-9(2)6-7-15(3)12-5-4-10(14)8-11(12)13/h4-5,8-9H,6-7,14H2,1-3H3. The van der Waals surface area contributed by atoms with Crippen LogP contribution in [0, 0.1) is 9.49 Å². The number of nitrogen functional groups attached to an aromatic ring is 1. The maximum atomic E-state index is 5.73. The van der Waals surface area contributed by atoms with E-state index < -0.39 is 0 Å². The molecule has 1 aromatic carbocycles. The average Bonchev–Trinajstić information content (AvgIpc) is 2.14. The maximum Gasteiger partial charge on any atom is 0.0500 e. The fraction of sp³-hybridized carbons (Fsp3) is 0.500. The molecular weight excluding hydrogens is 299 g/mol. The van der Waals surface area contributed by atoms with Gasteiger partial charge in [-0.15, -0.1) is 0 Å². The molecule has 0 fully saturated rings. The highest BCUT2D eigenvalue weighted by Gasteiger charge is 2.06. The molecule has 0 aliphatic rings. The normalized spacial score (nSPS) is 10.7. The van der Waals surface area contributed by atoms with Crippen LogP contribution in [0.1, 0.15) is 20.3 Å². The van der Waals surface area contributed by atoms with Crippen LogP contribution in [0.5, 0.6) is 0 Å². The van der Waals surface area contributed by atoms with Crippen molar-refractivity contribution in [2.45, 2.75) is 20.3 Å². The van der Waals surface area contributed by atoms with Gasteiger partial charge in [0.25, 0.3) is 0 Å². The molecule has 0 spiro atoms. The summed E-state index contributed by atoms with van der Waals surface area (Å²) in [5, 5.41) is 0. The lowest BCUT2D eigenvalue weighted by molar-refractivity contribution is 0.585. The van der Waals surface area contributed by atoms with E-state index in [9.17, 15) is 0 Å². The van der Waals surface area contributed by atoms with Crippen molar-refractivity contribution in [1.29, 1.82) is 0 Å². The number of nitrogens with two attached hydrogens (primary N) is 1. The van der Waals surface area contributed by atoms with Gasteiger partial charge in [-0.3, -0.25) is 0 Å². The number of rotatable bonds is 4. The summed E-state index contributed by atoms with van der Waals surface area (Å²) in [5.74, 6) is 0.749. The molecule has 2 nitrogen and oxygen atoms in total. The minimum absolute atomic E-state index is 0.749. The Labute approximate surface area is 106 Å². The van der Waals surface area contributed by atoms with Gasteiger partial charge in [0.1, 0.15) is 0 Å². The number of nitrogens with zero attached hydrogens (tertiary/aromatic N) is 1. The van der Waals surface area contributed by atoms with Crippen molar-refractivity contribution in [1.82, 2.24) is 0 Å². The van der Waals surface area contributed by atoms with E-state index in [-0.39, 0.29) is 0 Å². The van der Waals surface area contributed by atoms with Crippen molar-refractivity contribution < 1.29 is 0 Å². The smallest absolute Gasteiger partial charge is 0.0500 e. The van der Waals surface area contributed by atoms with Gasteiger partial charge in [0.15, 0.2) is 0 Å². The van der Waals surface area contributed by atoms with Crippen LogP contribution >= 0.6 is 22.6 Å². The van der Waals surface area contributed by atoms with Crippen LogP contribution < -0.4 is 10.6 Å². The minimum Gasteiger partial charge on any atom is -0.399 e. The first-order chi connectivity index (χ1) is 7.00. The molecule has 0 unspecified atom stereocenters. The molecule has 2 N–H and O–H groups in total. The molecule has 0 aromatic heterocycles. The molecule has 0 amide bonds. The second kappa shape index (κ2) is 5.58. The molecule has 3 heteroatoms. The lowest BCUT2D eigenvalue weighted by Crippen LogP contribution is -2.20. The highest BCUT2D eigenvalue weighted by atomic mass is 127. The first-order valence-electron chi connectivity index (χ1n) is 5.27. The summed E-state index contributed by atoms with van der Waals surface area (Å²) in [6, 6.07) is 6.07. The summed E-state index contributed by atoms with van der Waals surface area (Å²) in [4.78, 5) is 2.29. The SMILES string of the molecule is CC(C)CCN(C)c1ccc(N)cc1I. The van der Waals surface area contributed by atoms with Gasteiger partial charge in [0, 0.05) is 22.8 Å². The Morgan fingerprint density at radius 2 is 2.07 bits per heavy atom. The topological polar surface area (TPSA) is 29.3 Å². The maximum absolute atomic E-state index is 5.73. The predicted molar refractivity (Wildman–Crippen MR) is 76.3 cm³/mol. The summed E-state index contributed by atoms with van der Waals surface area (Å²) in [6.45, 7) is 5.60. The zero-order valence-electron chi connectivity index (χ0n) is 9.63. The second-order valence-corrected chi connectivity index (χ2v) is 5.48. The highest BCUT2D eigenvalue weighted by molar-refractivity contribution is 14.1. The van der Waals surface area contributed by atoms with Crippen molar-refractivity contribution in [2.75, 3.05) is 24.2 Å². The van der Waals surface area contributed by atoms with E-state index >= 15 is 0 Å². The molecule has 1 rings (SSSR count). The zero-order valence-corrected chi connectivity index (χ0v) is 11.8. The van der Waals surface area contributed by atoms with Crippen LogP contribution in [0.2, 0.25) is 0 Å². The lowest BCUT2D eigenvalue weighted by atomic mass is 10.1.